The first-order valence-corrected chi connectivity index (χ1v) is 7.69. The van der Waals surface area contributed by atoms with E-state index >= 15 is 0 Å². The van der Waals surface area contributed by atoms with Gasteiger partial charge in [0.25, 0.3) is 5.91 Å². The van der Waals surface area contributed by atoms with Gasteiger partial charge in [-0.15, -0.1) is 0 Å². The van der Waals surface area contributed by atoms with E-state index in [4.69, 9.17) is 11.6 Å². The van der Waals surface area contributed by atoms with Crippen LogP contribution in [0.3, 0.4) is 0 Å². The molecule has 120 valence electrons. The third-order valence-electron chi connectivity index (χ3n) is 3.65. The summed E-state index contributed by atoms with van der Waals surface area (Å²) in [4.78, 5) is 18.5. The number of carbonyl (C=O) groups is 1. The van der Waals surface area contributed by atoms with E-state index in [9.17, 15) is 9.18 Å². The van der Waals surface area contributed by atoms with Gasteiger partial charge in [-0.2, -0.15) is 0 Å². The Kier molecular flexibility index (Phi) is 4.73. The largest absolute Gasteiger partial charge is 0.355 e. The normalized spacial score (nSPS) is 14.6. The molecule has 23 heavy (non-hydrogen) atoms. The maximum absolute atomic E-state index is 13.6. The molecule has 1 aromatic heterocycles. The molecule has 3 rings (SSSR count). The lowest BCUT2D eigenvalue weighted by Crippen LogP contribution is -2.46. The minimum atomic E-state index is -0.513. The van der Waals surface area contributed by atoms with Crippen LogP contribution in [-0.2, 0) is 0 Å². The quantitative estimate of drug-likeness (QED) is 0.906. The van der Waals surface area contributed by atoms with Crippen LogP contribution in [0.2, 0.25) is 5.02 Å². The van der Waals surface area contributed by atoms with E-state index in [2.05, 4.69) is 15.6 Å². The third-order valence-corrected chi connectivity index (χ3v) is 3.96. The second-order valence-electron chi connectivity index (χ2n) is 5.22. The summed E-state index contributed by atoms with van der Waals surface area (Å²) >= 11 is 5.69. The lowest BCUT2D eigenvalue weighted by molar-refractivity contribution is 0.0736. The first kappa shape index (κ1) is 15.7. The SMILES string of the molecule is O=C(c1cnccc1Nc1ccc(Cl)c(F)c1)N1CCNCC1. The summed E-state index contributed by atoms with van der Waals surface area (Å²) in [6.07, 6.45) is 3.11. The number of piperazine rings is 1. The van der Waals surface area contributed by atoms with Crippen molar-refractivity contribution in [2.24, 2.45) is 0 Å². The highest BCUT2D eigenvalue weighted by Gasteiger charge is 2.21. The molecule has 1 saturated heterocycles. The Morgan fingerprint density at radius 1 is 1.30 bits per heavy atom. The predicted octanol–water partition coefficient (Wildman–Crippen LogP) is 2.66. The smallest absolute Gasteiger partial charge is 0.257 e. The van der Waals surface area contributed by atoms with Crippen LogP contribution in [0.1, 0.15) is 10.4 Å². The molecule has 1 aliphatic heterocycles. The van der Waals surface area contributed by atoms with E-state index in [1.165, 1.54) is 18.3 Å². The average Bonchev–Trinajstić information content (AvgIpc) is 2.59. The number of benzene rings is 1. The highest BCUT2D eigenvalue weighted by Crippen LogP contribution is 2.24. The Labute approximate surface area is 138 Å². The number of pyridine rings is 1. The van der Waals surface area contributed by atoms with Crippen molar-refractivity contribution >= 4 is 28.9 Å². The molecule has 0 radical (unpaired) electrons. The number of rotatable bonds is 3. The minimum absolute atomic E-state index is 0.0578. The number of carbonyl (C=O) groups excluding carboxylic acids is 1. The van der Waals surface area contributed by atoms with Crippen LogP contribution in [0.4, 0.5) is 15.8 Å². The summed E-state index contributed by atoms with van der Waals surface area (Å²) in [5, 5.41) is 6.32. The number of hydrogen-bond donors (Lipinski definition) is 2. The van der Waals surface area contributed by atoms with Gasteiger partial charge >= 0.3 is 0 Å². The van der Waals surface area contributed by atoms with Crippen LogP contribution in [0.15, 0.2) is 36.7 Å². The fourth-order valence-corrected chi connectivity index (χ4v) is 2.56. The number of nitrogens with one attached hydrogen (secondary N) is 2. The van der Waals surface area contributed by atoms with Crippen LogP contribution in [-0.4, -0.2) is 42.0 Å². The van der Waals surface area contributed by atoms with Gasteiger partial charge in [-0.3, -0.25) is 9.78 Å². The van der Waals surface area contributed by atoms with E-state index in [-0.39, 0.29) is 10.9 Å². The lowest BCUT2D eigenvalue weighted by Gasteiger charge is -2.28. The maximum atomic E-state index is 13.6. The molecule has 7 heteroatoms. The first-order chi connectivity index (χ1) is 11.1. The van der Waals surface area contributed by atoms with Crippen LogP contribution >= 0.6 is 11.6 Å². The zero-order valence-electron chi connectivity index (χ0n) is 12.4. The Morgan fingerprint density at radius 2 is 2.09 bits per heavy atom. The van der Waals surface area contributed by atoms with E-state index < -0.39 is 5.82 Å². The fraction of sp³-hybridized carbons (Fsp3) is 0.250. The summed E-state index contributed by atoms with van der Waals surface area (Å²) < 4.78 is 13.6. The van der Waals surface area contributed by atoms with E-state index in [0.717, 1.165) is 13.1 Å². The van der Waals surface area contributed by atoms with Crippen molar-refractivity contribution in [1.82, 2.24) is 15.2 Å². The zero-order chi connectivity index (χ0) is 16.2. The molecule has 0 unspecified atom stereocenters. The average molecular weight is 335 g/mol. The van der Waals surface area contributed by atoms with Crippen LogP contribution in [0.25, 0.3) is 0 Å². The number of amides is 1. The molecule has 1 aliphatic rings. The van der Waals surface area contributed by atoms with Gasteiger partial charge in [-0.05, 0) is 24.3 Å². The van der Waals surface area contributed by atoms with Crippen molar-refractivity contribution < 1.29 is 9.18 Å². The number of nitrogens with zero attached hydrogens (tertiary/aromatic N) is 2. The van der Waals surface area contributed by atoms with E-state index in [0.29, 0.717) is 30.0 Å². The molecule has 0 saturated carbocycles. The summed E-state index contributed by atoms with van der Waals surface area (Å²) in [6.45, 7) is 2.86. The number of hydrogen-bond acceptors (Lipinski definition) is 4. The lowest BCUT2D eigenvalue weighted by atomic mass is 10.1. The molecular weight excluding hydrogens is 319 g/mol. The Balaban J connectivity index is 1.85. The Hall–Kier alpha value is -2.18. The molecule has 0 bridgehead atoms. The Bertz CT molecular complexity index is 719. The monoisotopic (exact) mass is 334 g/mol. The molecular formula is C16H16ClFN4O. The second-order valence-corrected chi connectivity index (χ2v) is 5.62. The molecule has 0 aliphatic carbocycles. The van der Waals surface area contributed by atoms with Crippen molar-refractivity contribution in [1.29, 1.82) is 0 Å². The van der Waals surface area contributed by atoms with Gasteiger partial charge in [0.15, 0.2) is 0 Å². The van der Waals surface area contributed by atoms with Crippen molar-refractivity contribution in [3.05, 3.63) is 53.1 Å². The molecule has 1 amide bonds. The molecule has 2 heterocycles. The van der Waals surface area contributed by atoms with Crippen LogP contribution < -0.4 is 10.6 Å². The molecule has 5 nitrogen and oxygen atoms in total. The van der Waals surface area contributed by atoms with E-state index in [1.807, 2.05) is 0 Å². The fourth-order valence-electron chi connectivity index (χ4n) is 2.44. The molecule has 1 fully saturated rings. The summed E-state index contributed by atoms with van der Waals surface area (Å²) in [6, 6.07) is 6.12. The Morgan fingerprint density at radius 3 is 2.83 bits per heavy atom. The zero-order valence-corrected chi connectivity index (χ0v) is 13.1. The van der Waals surface area contributed by atoms with Crippen molar-refractivity contribution in [3.8, 4) is 0 Å². The second kappa shape index (κ2) is 6.93. The number of aromatic nitrogens is 1. The van der Waals surface area contributed by atoms with Crippen LogP contribution in [0, 0.1) is 5.82 Å². The molecule has 2 aromatic rings. The highest BCUT2D eigenvalue weighted by atomic mass is 35.5. The standard InChI is InChI=1S/C16H16ClFN4O/c17-13-2-1-11(9-14(13)18)21-15-3-4-20-10-12(15)16(23)22-7-5-19-6-8-22/h1-4,9-10,19H,5-8H2,(H,20,21). The summed E-state index contributed by atoms with van der Waals surface area (Å²) in [5.74, 6) is -0.600. The first-order valence-electron chi connectivity index (χ1n) is 7.31. The van der Waals surface area contributed by atoms with Crippen LogP contribution in [0.5, 0.6) is 0 Å². The number of anilines is 2. The van der Waals surface area contributed by atoms with Gasteiger partial charge in [0.05, 0.1) is 16.3 Å². The molecule has 0 spiro atoms. The van der Waals surface area contributed by atoms with Crippen molar-refractivity contribution in [3.63, 3.8) is 0 Å². The summed E-state index contributed by atoms with van der Waals surface area (Å²) in [5.41, 5.74) is 1.57. The van der Waals surface area contributed by atoms with Gasteiger partial charge in [0.2, 0.25) is 0 Å². The van der Waals surface area contributed by atoms with Crippen molar-refractivity contribution in [2.75, 3.05) is 31.5 Å². The maximum Gasteiger partial charge on any atom is 0.257 e. The number of halogens is 2. The molecule has 1 aromatic carbocycles. The van der Waals surface area contributed by atoms with Gasteiger partial charge in [0, 0.05) is 44.3 Å². The molecule has 0 atom stereocenters. The summed E-state index contributed by atoms with van der Waals surface area (Å²) in [7, 11) is 0. The van der Waals surface area contributed by atoms with Crippen molar-refractivity contribution in [2.45, 2.75) is 0 Å². The topological polar surface area (TPSA) is 57.3 Å². The van der Waals surface area contributed by atoms with E-state index in [1.54, 1.807) is 23.2 Å². The van der Waals surface area contributed by atoms with Gasteiger partial charge in [-0.25, -0.2) is 4.39 Å². The highest BCUT2D eigenvalue weighted by molar-refractivity contribution is 6.30. The van der Waals surface area contributed by atoms with Gasteiger partial charge in [0.1, 0.15) is 5.82 Å². The molecule has 2 N–H and O–H groups in total. The van der Waals surface area contributed by atoms with Gasteiger partial charge in [-0.1, -0.05) is 11.6 Å². The third kappa shape index (κ3) is 3.60. The van der Waals surface area contributed by atoms with Gasteiger partial charge < -0.3 is 15.5 Å². The minimum Gasteiger partial charge on any atom is -0.355 e. The predicted molar refractivity (Wildman–Crippen MR) is 87.7 cm³/mol.